The van der Waals surface area contributed by atoms with Crippen LogP contribution in [0.1, 0.15) is 163 Å². The molecule has 14 atom stereocenters. The third-order valence-electron chi connectivity index (χ3n) is 17.2. The minimum atomic E-state index is -1.47. The molecular weight excluding hydrogens is 1100 g/mol. The van der Waals surface area contributed by atoms with Gasteiger partial charge in [0.25, 0.3) is 0 Å². The SMILES string of the molecule is CC(C)C[C@@H]1C(=O)N[C@H](C)C(=O)C[C@@H](C)C(=O)N(C)[C@@H](CC(C)C)C(=O)N(C)[C@H](CC(C)C)C(=O)N(C)[C@H](C(C)C)C(=O)N(C)[C@H]([C@@H]2OC(O)C[C@H]2C)C(=O)N[C@H](C(C)C)C(=O)N(C)[C@H](C)C(=O)N(C)[C@@H](CC(C)C)C(=O)N[C@H](C(C)C)C(=O)N1C. The number of aliphatic hydroxyl groups excluding tert-OH is 1. The van der Waals surface area contributed by atoms with E-state index in [4.69, 9.17) is 4.74 Å². The lowest BCUT2D eigenvalue weighted by Crippen LogP contribution is -2.64. The van der Waals surface area contributed by atoms with Gasteiger partial charge in [-0.2, -0.15) is 0 Å². The Kier molecular flexibility index (Phi) is 29.3. The first kappa shape index (κ1) is 76.4. The fraction of sp³-hybridized carbons (Fsp3) is 0.825. The van der Waals surface area contributed by atoms with Crippen molar-refractivity contribution in [3.8, 4) is 0 Å². The molecule has 86 heavy (non-hydrogen) atoms. The average molecular weight is 1220 g/mol. The average Bonchev–Trinajstić information content (AvgIpc) is 1.50. The van der Waals surface area contributed by atoms with E-state index in [1.165, 1.54) is 97.5 Å². The van der Waals surface area contributed by atoms with E-state index in [-0.39, 0.29) is 62.2 Å². The summed E-state index contributed by atoms with van der Waals surface area (Å²) in [5.41, 5.74) is 0. The standard InChI is InChI=1S/C63H112N10O13/c1-32(2)26-43-54(76)64-41(17)47(74)30-40(16)57(79)70(22)45(28-34(5)6)59(81)71(23)46(29-35(7)8)60(82)72(24)51(38(13)14)63(85)73(25)52(53-39(15)31-48(75)86-53)56(78)66-49(36(9)10)61(83)67(19)42(18)58(80)68(20)44(27-33(3)4)55(77)65-50(37(11)12)62(84)69(43)21/h32-46,48-53,75H,26-31H2,1-25H3,(H,64,76)(H,65,77)(H,66,78)/t39-,40-,41-,42-,43-,44+,45+,46-,48?,49-,50-,51-,52-,53-/m1/s1. The van der Waals surface area contributed by atoms with E-state index in [0.29, 0.717) is 0 Å². The predicted molar refractivity (Wildman–Crippen MR) is 329 cm³/mol. The molecule has 23 nitrogen and oxygen atoms in total. The van der Waals surface area contributed by atoms with Crippen LogP contribution in [0.15, 0.2) is 0 Å². The van der Waals surface area contributed by atoms with Crippen molar-refractivity contribution in [2.45, 2.75) is 236 Å². The fourth-order valence-electron chi connectivity index (χ4n) is 11.6. The lowest BCUT2D eigenvalue weighted by molar-refractivity contribution is -0.161. The zero-order chi connectivity index (χ0) is 66.6. The van der Waals surface area contributed by atoms with Gasteiger partial charge < -0.3 is 60.1 Å². The van der Waals surface area contributed by atoms with Gasteiger partial charge >= 0.3 is 0 Å². The van der Waals surface area contributed by atoms with Crippen LogP contribution in [0.25, 0.3) is 0 Å². The molecule has 23 heteroatoms. The summed E-state index contributed by atoms with van der Waals surface area (Å²) in [6, 6.07) is -12.0. The van der Waals surface area contributed by atoms with E-state index in [0.717, 1.165) is 0 Å². The van der Waals surface area contributed by atoms with Crippen molar-refractivity contribution < 1.29 is 62.6 Å². The van der Waals surface area contributed by atoms with E-state index >= 15 is 19.2 Å². The van der Waals surface area contributed by atoms with Crippen LogP contribution in [-0.2, 0) is 57.5 Å². The van der Waals surface area contributed by atoms with E-state index in [1.807, 2.05) is 55.4 Å². The number of ketones is 1. The molecule has 2 heterocycles. The molecule has 1 unspecified atom stereocenters. The second-order valence-electron chi connectivity index (χ2n) is 27.6. The first-order valence-electron chi connectivity index (χ1n) is 31.2. The third kappa shape index (κ3) is 19.6. The highest BCUT2D eigenvalue weighted by Crippen LogP contribution is 2.31. The zero-order valence-electron chi connectivity index (χ0n) is 56.8. The van der Waals surface area contributed by atoms with Crippen LogP contribution in [0.4, 0.5) is 0 Å². The molecule has 0 aromatic carbocycles. The summed E-state index contributed by atoms with van der Waals surface area (Å²) in [5.74, 6) is -10.5. The molecule has 0 radical (unpaired) electrons. The fourth-order valence-corrected chi connectivity index (χ4v) is 11.6. The summed E-state index contributed by atoms with van der Waals surface area (Å²) in [7, 11) is 10.1. The van der Waals surface area contributed by atoms with Crippen LogP contribution >= 0.6 is 0 Å². The summed E-state index contributed by atoms with van der Waals surface area (Å²) < 4.78 is 5.97. The van der Waals surface area contributed by atoms with Crippen LogP contribution in [0.5, 0.6) is 0 Å². The highest BCUT2D eigenvalue weighted by Gasteiger charge is 2.49. The van der Waals surface area contributed by atoms with Crippen LogP contribution in [0.3, 0.4) is 0 Å². The highest BCUT2D eigenvalue weighted by molar-refractivity contribution is 6.00. The Morgan fingerprint density at radius 1 is 0.430 bits per heavy atom. The maximum Gasteiger partial charge on any atom is 0.246 e. The number of likely N-dealkylation sites (N-methyl/N-ethyl adjacent to an activating group) is 7. The van der Waals surface area contributed by atoms with E-state index < -0.39 is 167 Å². The molecule has 0 spiro atoms. The highest BCUT2D eigenvalue weighted by atomic mass is 16.6. The summed E-state index contributed by atoms with van der Waals surface area (Å²) in [5, 5.41) is 19.3. The van der Waals surface area contributed by atoms with Gasteiger partial charge in [0.05, 0.1) is 12.1 Å². The summed E-state index contributed by atoms with van der Waals surface area (Å²) >= 11 is 0. The smallest absolute Gasteiger partial charge is 0.246 e. The van der Waals surface area contributed by atoms with Gasteiger partial charge in [0.1, 0.15) is 54.4 Å². The van der Waals surface area contributed by atoms with Crippen LogP contribution < -0.4 is 16.0 Å². The normalized spacial score (nSPS) is 30.4. The van der Waals surface area contributed by atoms with Crippen molar-refractivity contribution in [1.82, 2.24) is 50.2 Å². The van der Waals surface area contributed by atoms with E-state index in [2.05, 4.69) is 16.0 Å². The van der Waals surface area contributed by atoms with Gasteiger partial charge in [-0.1, -0.05) is 111 Å². The molecular formula is C63H112N10O13. The number of aliphatic hydroxyl groups is 1. The van der Waals surface area contributed by atoms with Crippen molar-refractivity contribution in [3.05, 3.63) is 0 Å². The number of hydrogen-bond donors (Lipinski definition) is 4. The van der Waals surface area contributed by atoms with Gasteiger partial charge in [-0.05, 0) is 86.9 Å². The Hall–Kier alpha value is -5.71. The number of nitrogens with one attached hydrogen (secondary N) is 3. The number of hydrogen-bond acceptors (Lipinski definition) is 13. The molecule has 492 valence electrons. The van der Waals surface area contributed by atoms with Crippen molar-refractivity contribution in [2.75, 3.05) is 49.3 Å². The number of rotatable bonds is 12. The van der Waals surface area contributed by atoms with Gasteiger partial charge in [-0.3, -0.25) is 52.7 Å². The number of nitrogens with zero attached hydrogens (tertiary/aromatic N) is 7. The van der Waals surface area contributed by atoms with Crippen molar-refractivity contribution in [3.63, 3.8) is 0 Å². The monoisotopic (exact) mass is 1220 g/mol. The molecule has 0 aromatic heterocycles. The maximum absolute atomic E-state index is 15.3. The Morgan fingerprint density at radius 2 is 0.802 bits per heavy atom. The maximum atomic E-state index is 15.3. The van der Waals surface area contributed by atoms with Gasteiger partial charge in [-0.15, -0.1) is 0 Å². The number of carbonyl (C=O) groups is 11. The molecule has 0 aromatic rings. The lowest BCUT2D eigenvalue weighted by atomic mass is 9.92. The molecule has 0 saturated carbocycles. The number of amides is 10. The minimum Gasteiger partial charge on any atom is -0.368 e. The summed E-state index contributed by atoms with van der Waals surface area (Å²) in [4.78, 5) is 171. The largest absolute Gasteiger partial charge is 0.368 e. The zero-order valence-corrected chi connectivity index (χ0v) is 56.8. The quantitative estimate of drug-likeness (QED) is 0.217. The second kappa shape index (κ2) is 33.0. The van der Waals surface area contributed by atoms with Crippen molar-refractivity contribution in [2.24, 2.45) is 53.3 Å². The van der Waals surface area contributed by atoms with Gasteiger partial charge in [0.15, 0.2) is 12.1 Å². The third-order valence-corrected chi connectivity index (χ3v) is 17.2. The predicted octanol–water partition coefficient (Wildman–Crippen LogP) is 3.77. The number of carbonyl (C=O) groups excluding carboxylic acids is 11. The molecule has 0 aliphatic carbocycles. The topological polar surface area (TPSA) is 276 Å². The molecule has 2 saturated heterocycles. The van der Waals surface area contributed by atoms with Crippen LogP contribution in [0, 0.1) is 53.3 Å². The second-order valence-corrected chi connectivity index (χ2v) is 27.6. The number of ether oxygens (including phenoxy) is 1. The van der Waals surface area contributed by atoms with E-state index in [1.54, 1.807) is 55.4 Å². The van der Waals surface area contributed by atoms with Crippen molar-refractivity contribution >= 4 is 64.9 Å². The van der Waals surface area contributed by atoms with Gasteiger partial charge in [0, 0.05) is 68.1 Å². The van der Waals surface area contributed by atoms with Gasteiger partial charge in [0.2, 0.25) is 59.1 Å². The minimum absolute atomic E-state index is 0.118. The molecule has 0 bridgehead atoms. The first-order valence-corrected chi connectivity index (χ1v) is 31.2. The Morgan fingerprint density at radius 3 is 1.21 bits per heavy atom. The Bertz CT molecular complexity index is 2380. The lowest BCUT2D eigenvalue weighted by Gasteiger charge is -2.41. The first-order chi connectivity index (χ1) is 39.5. The van der Waals surface area contributed by atoms with Gasteiger partial charge in [-0.25, -0.2) is 0 Å². The molecule has 2 fully saturated rings. The molecule has 10 amide bonds. The molecule has 2 aliphatic heterocycles. The Balaban J connectivity index is 3.01. The Labute approximate surface area is 514 Å². The molecule has 4 N–H and O–H groups in total. The van der Waals surface area contributed by atoms with Crippen molar-refractivity contribution in [1.29, 1.82) is 0 Å². The van der Waals surface area contributed by atoms with E-state index in [9.17, 15) is 38.7 Å². The summed E-state index contributed by atoms with van der Waals surface area (Å²) in [6.45, 7) is 31.7. The molecule has 2 aliphatic rings. The number of Topliss-reactive ketones (excluding diaryl/α,β-unsaturated/α-hetero) is 1. The summed E-state index contributed by atoms with van der Waals surface area (Å²) in [6.07, 6.45) is -1.90. The molecule has 2 rings (SSSR count). The van der Waals surface area contributed by atoms with Crippen LogP contribution in [0.2, 0.25) is 0 Å². The van der Waals surface area contributed by atoms with Crippen LogP contribution in [-0.4, -0.2) is 226 Å².